The van der Waals surface area contributed by atoms with Crippen molar-refractivity contribution >= 4 is 98.4 Å². The monoisotopic (exact) mass is 944 g/mol. The number of benzene rings is 11. The fourth-order valence-corrected chi connectivity index (χ4v) is 11.7. The normalized spacial score (nSPS) is 12.1. The van der Waals surface area contributed by atoms with Gasteiger partial charge >= 0.3 is 0 Å². The molecule has 5 aromatic heterocycles. The number of nitrogens with zero attached hydrogens (tertiary/aromatic N) is 4. The van der Waals surface area contributed by atoms with Crippen LogP contribution in [-0.4, -0.2) is 19.1 Å². The van der Waals surface area contributed by atoms with Crippen LogP contribution in [-0.2, 0) is 0 Å². The van der Waals surface area contributed by atoms with E-state index in [1.54, 1.807) is 0 Å². The van der Waals surface area contributed by atoms with Crippen LogP contribution in [0.25, 0.3) is 155 Å². The Morgan fingerprint density at radius 1 is 0.257 bits per heavy atom. The van der Waals surface area contributed by atoms with E-state index >= 15 is 0 Å². The van der Waals surface area contributed by atoms with Gasteiger partial charge in [0, 0.05) is 71.0 Å². The summed E-state index contributed by atoms with van der Waals surface area (Å²) in [4.78, 5) is 10.7. The summed E-state index contributed by atoms with van der Waals surface area (Å²) in [6.07, 6.45) is 0. The van der Waals surface area contributed by atoms with Gasteiger partial charge in [-0.25, -0.2) is 9.97 Å². The Morgan fingerprint density at radius 2 is 0.676 bits per heavy atom. The zero-order chi connectivity index (χ0) is 48.4. The summed E-state index contributed by atoms with van der Waals surface area (Å²) in [7, 11) is 0. The number of rotatable bonds is 6. The number of hydrogen-bond donors (Lipinski definition) is 0. The summed E-state index contributed by atoms with van der Waals surface area (Å²) in [6.45, 7) is 0. The van der Waals surface area contributed by atoms with Crippen molar-refractivity contribution in [1.82, 2.24) is 19.1 Å². The second-order valence-electron chi connectivity index (χ2n) is 19.3. The van der Waals surface area contributed by atoms with Crippen LogP contribution in [0.1, 0.15) is 0 Å². The Kier molecular flexibility index (Phi) is 8.64. The summed E-state index contributed by atoms with van der Waals surface area (Å²) in [5, 5.41) is 10.3. The summed E-state index contributed by atoms with van der Waals surface area (Å²) in [6, 6.07) is 86.3. The third-order valence-electron chi connectivity index (χ3n) is 15.1. The second-order valence-corrected chi connectivity index (χ2v) is 19.3. The molecule has 0 unspecified atom stereocenters. The molecule has 0 N–H and O–H groups in total. The predicted molar refractivity (Wildman–Crippen MR) is 305 cm³/mol. The molecule has 0 aliphatic rings. The first kappa shape index (κ1) is 40.7. The number of para-hydroxylation sites is 5. The lowest BCUT2D eigenvalue weighted by atomic mass is 10.0. The Balaban J connectivity index is 0.795. The van der Waals surface area contributed by atoms with E-state index in [-0.39, 0.29) is 0 Å². The maximum Gasteiger partial charge on any atom is 0.160 e. The van der Waals surface area contributed by atoms with Gasteiger partial charge in [0.05, 0.1) is 33.3 Å². The van der Waals surface area contributed by atoms with Crippen LogP contribution in [0.15, 0.2) is 251 Å². The van der Waals surface area contributed by atoms with Crippen LogP contribution in [0.5, 0.6) is 0 Å². The number of aromatic nitrogens is 4. The van der Waals surface area contributed by atoms with E-state index < -0.39 is 0 Å². The molecule has 0 radical (unpaired) electrons. The highest BCUT2D eigenvalue weighted by molar-refractivity contribution is 6.13. The highest BCUT2D eigenvalue weighted by atomic mass is 16.3. The molecule has 344 valence electrons. The van der Waals surface area contributed by atoms with Crippen molar-refractivity contribution in [3.63, 3.8) is 0 Å². The molecule has 74 heavy (non-hydrogen) atoms. The lowest BCUT2D eigenvalue weighted by Gasteiger charge is -2.14. The molecule has 0 aliphatic heterocycles. The maximum atomic E-state index is 6.18. The first-order valence-electron chi connectivity index (χ1n) is 25.0. The number of hydrogen-bond acceptors (Lipinski definition) is 4. The van der Waals surface area contributed by atoms with Gasteiger partial charge in [-0.05, 0) is 125 Å². The molecular formula is C68H40N4O2. The van der Waals surface area contributed by atoms with Gasteiger partial charge in [0.1, 0.15) is 22.3 Å². The highest BCUT2D eigenvalue weighted by Crippen LogP contribution is 2.41. The summed E-state index contributed by atoms with van der Waals surface area (Å²) in [5.41, 5.74) is 18.6. The minimum atomic E-state index is 0.669. The maximum absolute atomic E-state index is 6.18. The molecule has 0 saturated heterocycles. The van der Waals surface area contributed by atoms with Crippen molar-refractivity contribution in [3.05, 3.63) is 243 Å². The topological polar surface area (TPSA) is 61.9 Å². The first-order chi connectivity index (χ1) is 36.6. The molecule has 6 heteroatoms. The number of furan rings is 2. The van der Waals surface area contributed by atoms with Gasteiger partial charge in [0.25, 0.3) is 0 Å². The van der Waals surface area contributed by atoms with Crippen molar-refractivity contribution in [3.8, 4) is 56.3 Å². The van der Waals surface area contributed by atoms with Crippen molar-refractivity contribution in [2.75, 3.05) is 0 Å². The van der Waals surface area contributed by atoms with Crippen LogP contribution in [0.2, 0.25) is 0 Å². The highest BCUT2D eigenvalue weighted by Gasteiger charge is 2.19. The molecule has 0 saturated carbocycles. The van der Waals surface area contributed by atoms with E-state index in [1.807, 2.05) is 24.3 Å². The molecule has 0 bridgehead atoms. The first-order valence-corrected chi connectivity index (χ1v) is 25.0. The quantitative estimate of drug-likeness (QED) is 0.167. The van der Waals surface area contributed by atoms with Crippen molar-refractivity contribution < 1.29 is 8.83 Å². The van der Waals surface area contributed by atoms with Gasteiger partial charge < -0.3 is 18.0 Å². The zero-order valence-corrected chi connectivity index (χ0v) is 39.7. The molecule has 0 fully saturated rings. The van der Waals surface area contributed by atoms with Gasteiger partial charge in [-0.3, -0.25) is 0 Å². The van der Waals surface area contributed by atoms with Crippen LogP contribution in [0.4, 0.5) is 0 Å². The van der Waals surface area contributed by atoms with Crippen molar-refractivity contribution in [2.24, 2.45) is 0 Å². The average molecular weight is 945 g/mol. The Hall–Kier alpha value is -10.0. The molecule has 0 aliphatic carbocycles. The molecule has 0 amide bonds. The predicted octanol–water partition coefficient (Wildman–Crippen LogP) is 18.3. The average Bonchev–Trinajstić information content (AvgIpc) is 4.22. The molecule has 6 nitrogen and oxygen atoms in total. The van der Waals surface area contributed by atoms with E-state index in [1.165, 1.54) is 21.5 Å². The SMILES string of the molecule is c1cc(-c2nc(-c3cccc(-n4c5ccccc5c5cc(-c6ccc7oc8ccccc8c7c6)ccc54)c3)c3ccccc3n2)cc(-n2c3ccccc3c3cc(-c4ccc5oc6ccccc6c5c4)ccc32)c1. The van der Waals surface area contributed by atoms with E-state index in [0.29, 0.717) is 5.82 Å². The van der Waals surface area contributed by atoms with Crippen LogP contribution in [0.3, 0.4) is 0 Å². The van der Waals surface area contributed by atoms with Crippen molar-refractivity contribution in [2.45, 2.75) is 0 Å². The third-order valence-corrected chi connectivity index (χ3v) is 15.1. The number of fused-ring (bicyclic) bond motifs is 13. The minimum absolute atomic E-state index is 0.669. The molecule has 11 aromatic carbocycles. The third kappa shape index (κ3) is 6.18. The van der Waals surface area contributed by atoms with E-state index in [9.17, 15) is 0 Å². The van der Waals surface area contributed by atoms with Gasteiger partial charge in [-0.15, -0.1) is 0 Å². The summed E-state index contributed by atoms with van der Waals surface area (Å²) in [5.74, 6) is 0.669. The molecule has 5 heterocycles. The van der Waals surface area contributed by atoms with Crippen molar-refractivity contribution in [1.29, 1.82) is 0 Å². The standard InChI is InChI=1S/C68H40N4O2/c1-6-22-58-53(21-1)67(45-13-11-15-47(35-45)71-59-23-7-2-17-49(59)54-37-41(27-31-61(54)71)43-29-33-65-56(39-43)51-19-4-9-25-63(51)73-65)70-68(69-58)46-14-12-16-48(36-46)72-60-24-8-3-18-50(60)55-38-42(28-32-62(55)72)44-30-34-66-57(40-44)52-20-5-10-26-64(52)74-66/h1-40H. The lowest BCUT2D eigenvalue weighted by Crippen LogP contribution is -1.99. The van der Waals surface area contributed by atoms with Gasteiger partial charge in [-0.1, -0.05) is 140 Å². The van der Waals surface area contributed by atoms with Crippen LogP contribution in [0, 0.1) is 0 Å². The molecule has 0 atom stereocenters. The largest absolute Gasteiger partial charge is 0.456 e. The Morgan fingerprint density at radius 3 is 1.24 bits per heavy atom. The molecule has 16 rings (SSSR count). The fourth-order valence-electron chi connectivity index (χ4n) is 11.7. The lowest BCUT2D eigenvalue weighted by molar-refractivity contribution is 0.668. The Labute approximate surface area is 423 Å². The minimum Gasteiger partial charge on any atom is -0.456 e. The van der Waals surface area contributed by atoms with E-state index in [0.717, 1.165) is 127 Å². The smallest absolute Gasteiger partial charge is 0.160 e. The fraction of sp³-hybridized carbons (Fsp3) is 0. The van der Waals surface area contributed by atoms with E-state index in [2.05, 4.69) is 228 Å². The molecule has 0 spiro atoms. The van der Waals surface area contributed by atoms with E-state index in [4.69, 9.17) is 18.8 Å². The zero-order valence-electron chi connectivity index (χ0n) is 39.7. The second kappa shape index (κ2) is 15.7. The Bertz CT molecular complexity index is 4990. The van der Waals surface area contributed by atoms with Gasteiger partial charge in [0.2, 0.25) is 0 Å². The summed E-state index contributed by atoms with van der Waals surface area (Å²) >= 11 is 0. The molecular weight excluding hydrogens is 905 g/mol. The van der Waals surface area contributed by atoms with Gasteiger partial charge in [0.15, 0.2) is 5.82 Å². The van der Waals surface area contributed by atoms with Crippen LogP contribution < -0.4 is 0 Å². The molecule has 16 aromatic rings. The summed E-state index contributed by atoms with van der Waals surface area (Å²) < 4.78 is 17.1. The van der Waals surface area contributed by atoms with Crippen LogP contribution >= 0.6 is 0 Å². The van der Waals surface area contributed by atoms with Gasteiger partial charge in [-0.2, -0.15) is 0 Å².